The van der Waals surface area contributed by atoms with Crippen LogP contribution < -0.4 is 10.6 Å². The van der Waals surface area contributed by atoms with Crippen LogP contribution >= 0.6 is 0 Å². The molecular formula is C22H31N5O2. The van der Waals surface area contributed by atoms with Gasteiger partial charge >= 0.3 is 6.03 Å². The van der Waals surface area contributed by atoms with Crippen molar-refractivity contribution in [2.75, 3.05) is 39.0 Å². The minimum atomic E-state index is -0.187. The molecule has 0 aliphatic carbocycles. The first-order chi connectivity index (χ1) is 13.8. The van der Waals surface area contributed by atoms with Crippen LogP contribution in [0.3, 0.4) is 0 Å². The number of pyridine rings is 1. The van der Waals surface area contributed by atoms with E-state index in [-0.39, 0.29) is 11.9 Å². The highest BCUT2D eigenvalue weighted by atomic mass is 16.2. The van der Waals surface area contributed by atoms with Crippen molar-refractivity contribution >= 4 is 17.6 Å². The fourth-order valence-corrected chi connectivity index (χ4v) is 2.59. The highest BCUT2D eigenvalue weighted by Crippen LogP contribution is 2.12. The molecule has 0 saturated carbocycles. The van der Waals surface area contributed by atoms with Crippen LogP contribution in [0.5, 0.6) is 0 Å². The molecule has 0 aliphatic rings. The number of aromatic nitrogens is 1. The molecule has 1 aromatic carbocycles. The summed E-state index contributed by atoms with van der Waals surface area (Å²) < 4.78 is 0. The highest BCUT2D eigenvalue weighted by molar-refractivity contribution is 5.95. The summed E-state index contributed by atoms with van der Waals surface area (Å²) in [6, 6.07) is 10.6. The van der Waals surface area contributed by atoms with Crippen LogP contribution in [0.4, 0.5) is 10.5 Å². The number of carbonyl (C=O) groups is 2. The molecule has 1 aromatic heterocycles. The normalized spacial score (nSPS) is 10.8. The van der Waals surface area contributed by atoms with Crippen molar-refractivity contribution in [3.8, 4) is 0 Å². The third-order valence-electron chi connectivity index (χ3n) is 4.27. The average Bonchev–Trinajstić information content (AvgIpc) is 2.70. The van der Waals surface area contributed by atoms with E-state index >= 15 is 0 Å². The van der Waals surface area contributed by atoms with Gasteiger partial charge in [-0.3, -0.25) is 9.78 Å². The zero-order valence-corrected chi connectivity index (χ0v) is 17.7. The van der Waals surface area contributed by atoms with Crippen LogP contribution in [0.25, 0.3) is 0 Å². The predicted molar refractivity (Wildman–Crippen MR) is 116 cm³/mol. The van der Waals surface area contributed by atoms with Crippen LogP contribution in [0.15, 0.2) is 48.8 Å². The third kappa shape index (κ3) is 7.91. The summed E-state index contributed by atoms with van der Waals surface area (Å²) in [6.07, 6.45) is 3.48. The molecular weight excluding hydrogens is 366 g/mol. The maximum atomic E-state index is 12.8. The van der Waals surface area contributed by atoms with Gasteiger partial charge < -0.3 is 20.4 Å². The molecule has 7 heteroatoms. The molecule has 2 rings (SSSR count). The number of nitrogens with one attached hydrogen (secondary N) is 2. The summed E-state index contributed by atoms with van der Waals surface area (Å²) in [5.74, 6) is 0.284. The summed E-state index contributed by atoms with van der Waals surface area (Å²) in [4.78, 5) is 32.9. The summed E-state index contributed by atoms with van der Waals surface area (Å²) in [5, 5.41) is 5.81. The largest absolute Gasteiger partial charge is 0.352 e. The molecule has 0 saturated heterocycles. The number of hydrogen-bond acceptors (Lipinski definition) is 4. The fourth-order valence-electron chi connectivity index (χ4n) is 2.59. The second-order valence-electron chi connectivity index (χ2n) is 7.70. The van der Waals surface area contributed by atoms with Crippen molar-refractivity contribution < 1.29 is 9.59 Å². The van der Waals surface area contributed by atoms with Gasteiger partial charge in [0.25, 0.3) is 5.91 Å². The molecule has 1 heterocycles. The van der Waals surface area contributed by atoms with E-state index in [0.29, 0.717) is 36.8 Å². The Balaban J connectivity index is 2.00. The Morgan fingerprint density at radius 2 is 1.79 bits per heavy atom. The zero-order valence-electron chi connectivity index (χ0n) is 17.7. The molecule has 3 amide bonds. The number of carbonyl (C=O) groups excluding carboxylic acids is 2. The third-order valence-corrected chi connectivity index (χ3v) is 4.27. The SMILES string of the molecule is CC(C)CNC(=O)c1ccc(NC(=O)N(CCN(C)C)Cc2cccnc2)cc1. The van der Waals surface area contributed by atoms with Crippen molar-refractivity contribution in [3.05, 3.63) is 59.9 Å². The van der Waals surface area contributed by atoms with E-state index in [9.17, 15) is 9.59 Å². The molecule has 156 valence electrons. The second kappa shape index (κ2) is 11.2. The zero-order chi connectivity index (χ0) is 21.2. The highest BCUT2D eigenvalue weighted by Gasteiger charge is 2.15. The van der Waals surface area contributed by atoms with Crippen LogP contribution in [-0.4, -0.2) is 60.5 Å². The molecule has 0 fully saturated rings. The number of amides is 3. The lowest BCUT2D eigenvalue weighted by molar-refractivity contribution is 0.0949. The molecule has 29 heavy (non-hydrogen) atoms. The monoisotopic (exact) mass is 397 g/mol. The van der Waals surface area contributed by atoms with Gasteiger partial charge in [-0.2, -0.15) is 0 Å². The molecule has 0 atom stereocenters. The summed E-state index contributed by atoms with van der Waals surface area (Å²) >= 11 is 0. The number of nitrogens with zero attached hydrogens (tertiary/aromatic N) is 3. The first-order valence-corrected chi connectivity index (χ1v) is 9.83. The topological polar surface area (TPSA) is 77.6 Å². The first kappa shape index (κ1) is 22.4. The maximum Gasteiger partial charge on any atom is 0.322 e. The second-order valence-corrected chi connectivity index (χ2v) is 7.70. The van der Waals surface area contributed by atoms with E-state index in [1.165, 1.54) is 0 Å². The van der Waals surface area contributed by atoms with E-state index in [4.69, 9.17) is 0 Å². The molecule has 2 aromatic rings. The molecule has 0 bridgehead atoms. The van der Waals surface area contributed by atoms with Gasteiger partial charge in [-0.1, -0.05) is 19.9 Å². The van der Waals surface area contributed by atoms with Gasteiger partial charge in [-0.15, -0.1) is 0 Å². The number of benzene rings is 1. The summed E-state index contributed by atoms with van der Waals surface area (Å²) in [6.45, 7) is 6.54. The smallest absolute Gasteiger partial charge is 0.322 e. The number of anilines is 1. The Kier molecular flexibility index (Phi) is 8.61. The van der Waals surface area contributed by atoms with Crippen molar-refractivity contribution in [1.82, 2.24) is 20.1 Å². The molecule has 2 N–H and O–H groups in total. The van der Waals surface area contributed by atoms with Crippen molar-refractivity contribution in [2.45, 2.75) is 20.4 Å². The fraction of sp³-hybridized carbons (Fsp3) is 0.409. The maximum absolute atomic E-state index is 12.8. The van der Waals surface area contributed by atoms with E-state index < -0.39 is 0 Å². The summed E-state index contributed by atoms with van der Waals surface area (Å²) in [7, 11) is 3.95. The standard InChI is InChI=1S/C22H31N5O2/c1-17(2)14-24-21(28)19-7-9-20(10-8-19)25-22(29)27(13-12-26(3)4)16-18-6-5-11-23-15-18/h5-11,15,17H,12-14,16H2,1-4H3,(H,24,28)(H,25,29). The van der Waals surface area contributed by atoms with Gasteiger partial charge in [-0.05, 0) is 55.9 Å². The number of rotatable bonds is 9. The number of likely N-dealkylation sites (N-methyl/N-ethyl adjacent to an activating group) is 1. The van der Waals surface area contributed by atoms with Crippen LogP contribution in [0.2, 0.25) is 0 Å². The first-order valence-electron chi connectivity index (χ1n) is 9.83. The Labute approximate surface area is 173 Å². The number of urea groups is 1. The van der Waals surface area contributed by atoms with Gasteiger partial charge in [0.15, 0.2) is 0 Å². The van der Waals surface area contributed by atoms with Crippen LogP contribution in [0.1, 0.15) is 29.8 Å². The van der Waals surface area contributed by atoms with E-state index in [0.717, 1.165) is 12.1 Å². The Morgan fingerprint density at radius 3 is 2.38 bits per heavy atom. The number of hydrogen-bond donors (Lipinski definition) is 2. The lowest BCUT2D eigenvalue weighted by atomic mass is 10.1. The van der Waals surface area contributed by atoms with Gasteiger partial charge in [0, 0.05) is 49.8 Å². The van der Waals surface area contributed by atoms with Gasteiger partial charge in [0.2, 0.25) is 0 Å². The Bertz CT molecular complexity index is 776. The lowest BCUT2D eigenvalue weighted by Crippen LogP contribution is -2.39. The molecule has 0 aliphatic heterocycles. The predicted octanol–water partition coefficient (Wildman–Crippen LogP) is 3.06. The van der Waals surface area contributed by atoms with E-state index in [1.807, 2.05) is 45.0 Å². The quantitative estimate of drug-likeness (QED) is 0.682. The van der Waals surface area contributed by atoms with E-state index in [1.54, 1.807) is 41.6 Å². The van der Waals surface area contributed by atoms with Gasteiger partial charge in [0.05, 0.1) is 0 Å². The van der Waals surface area contributed by atoms with Crippen molar-refractivity contribution in [2.24, 2.45) is 5.92 Å². The summed E-state index contributed by atoms with van der Waals surface area (Å²) in [5.41, 5.74) is 2.19. The van der Waals surface area contributed by atoms with Crippen LogP contribution in [-0.2, 0) is 6.54 Å². The minimum absolute atomic E-state index is 0.110. The molecule has 7 nitrogen and oxygen atoms in total. The van der Waals surface area contributed by atoms with Gasteiger partial charge in [-0.25, -0.2) is 4.79 Å². The molecule has 0 radical (unpaired) electrons. The molecule has 0 spiro atoms. The van der Waals surface area contributed by atoms with Crippen LogP contribution in [0, 0.1) is 5.92 Å². The lowest BCUT2D eigenvalue weighted by Gasteiger charge is -2.25. The Morgan fingerprint density at radius 1 is 1.07 bits per heavy atom. The van der Waals surface area contributed by atoms with Gasteiger partial charge in [0.1, 0.15) is 0 Å². The Hall–Kier alpha value is -2.93. The average molecular weight is 398 g/mol. The van der Waals surface area contributed by atoms with E-state index in [2.05, 4.69) is 15.6 Å². The van der Waals surface area contributed by atoms with Crippen molar-refractivity contribution in [1.29, 1.82) is 0 Å². The van der Waals surface area contributed by atoms with Crippen molar-refractivity contribution in [3.63, 3.8) is 0 Å². The minimum Gasteiger partial charge on any atom is -0.352 e. The molecule has 0 unspecified atom stereocenters.